The smallest absolute Gasteiger partial charge is 0.273 e. The summed E-state index contributed by atoms with van der Waals surface area (Å²) >= 11 is 0. The van der Waals surface area contributed by atoms with Gasteiger partial charge in [0, 0.05) is 37.1 Å². The first-order valence-corrected chi connectivity index (χ1v) is 8.52. The fourth-order valence-electron chi connectivity index (χ4n) is 3.12. The molecule has 25 heavy (non-hydrogen) atoms. The number of benzene rings is 2. The van der Waals surface area contributed by atoms with Crippen molar-refractivity contribution in [2.45, 2.75) is 0 Å². The van der Waals surface area contributed by atoms with Crippen molar-refractivity contribution in [1.82, 2.24) is 19.8 Å². The Kier molecular flexibility index (Phi) is 4.15. The van der Waals surface area contributed by atoms with Crippen LogP contribution >= 0.6 is 0 Å². The van der Waals surface area contributed by atoms with Crippen molar-refractivity contribution >= 4 is 16.8 Å². The molecule has 0 saturated carbocycles. The number of amides is 1. The van der Waals surface area contributed by atoms with Crippen molar-refractivity contribution in [1.29, 1.82) is 0 Å². The number of rotatable bonds is 2. The number of likely N-dealkylation sites (N-methyl/N-ethyl adjacent to an activating group) is 1. The van der Waals surface area contributed by atoms with E-state index in [0.717, 1.165) is 42.6 Å². The van der Waals surface area contributed by atoms with Crippen LogP contribution in [0.1, 0.15) is 10.5 Å². The first-order chi connectivity index (χ1) is 12.2. The molecular formula is C20H20N4O. The summed E-state index contributed by atoms with van der Waals surface area (Å²) in [4.78, 5) is 26.6. The Labute approximate surface area is 146 Å². The molecule has 3 aromatic rings. The lowest BCUT2D eigenvalue weighted by Crippen LogP contribution is -2.47. The maximum atomic E-state index is 13.1. The van der Waals surface area contributed by atoms with Crippen LogP contribution in [0.4, 0.5) is 0 Å². The second kappa shape index (κ2) is 6.61. The number of aromatic nitrogens is 2. The molecule has 0 bridgehead atoms. The largest absolute Gasteiger partial charge is 0.335 e. The highest BCUT2D eigenvalue weighted by Gasteiger charge is 2.24. The van der Waals surface area contributed by atoms with Gasteiger partial charge in [0.05, 0.1) is 5.52 Å². The van der Waals surface area contributed by atoms with Gasteiger partial charge in [0.1, 0.15) is 5.69 Å². The van der Waals surface area contributed by atoms with Crippen molar-refractivity contribution in [2.24, 2.45) is 0 Å². The Balaban J connectivity index is 1.80. The van der Waals surface area contributed by atoms with E-state index in [1.165, 1.54) is 0 Å². The standard InChI is InChI=1S/C20H20N4O/c1-23-11-13-24(14-12-23)20(25)18-16-9-5-6-10-17(16)21-19(22-18)15-7-3-2-4-8-15/h2-10H,11-14H2,1H3. The van der Waals surface area contributed by atoms with Crippen LogP contribution in [0.25, 0.3) is 22.3 Å². The van der Waals surface area contributed by atoms with E-state index in [1.807, 2.05) is 59.5 Å². The predicted molar refractivity (Wildman–Crippen MR) is 98.4 cm³/mol. The molecule has 1 saturated heterocycles. The van der Waals surface area contributed by atoms with Crippen LogP contribution in [0.3, 0.4) is 0 Å². The number of para-hydroxylation sites is 1. The summed E-state index contributed by atoms with van der Waals surface area (Å²) in [6, 6.07) is 17.5. The molecule has 126 valence electrons. The third-order valence-corrected chi connectivity index (χ3v) is 4.63. The molecule has 4 rings (SSSR count). The number of carbonyl (C=O) groups is 1. The Morgan fingerprint density at radius 1 is 0.880 bits per heavy atom. The summed E-state index contributed by atoms with van der Waals surface area (Å²) in [5, 5.41) is 0.811. The summed E-state index contributed by atoms with van der Waals surface area (Å²) in [5.74, 6) is 0.584. The maximum Gasteiger partial charge on any atom is 0.273 e. The highest BCUT2D eigenvalue weighted by molar-refractivity contribution is 6.04. The zero-order chi connectivity index (χ0) is 17.2. The van der Waals surface area contributed by atoms with Gasteiger partial charge in [-0.2, -0.15) is 0 Å². The number of nitrogens with zero attached hydrogens (tertiary/aromatic N) is 4. The minimum absolute atomic E-state index is 0.0103. The highest BCUT2D eigenvalue weighted by Crippen LogP contribution is 2.23. The number of carbonyl (C=O) groups excluding carboxylic acids is 1. The number of hydrogen-bond donors (Lipinski definition) is 0. The van der Waals surface area contributed by atoms with Gasteiger partial charge < -0.3 is 9.80 Å². The molecule has 2 heterocycles. The number of fused-ring (bicyclic) bond motifs is 1. The molecule has 0 aliphatic carbocycles. The summed E-state index contributed by atoms with van der Waals surface area (Å²) in [5.41, 5.74) is 2.21. The van der Waals surface area contributed by atoms with E-state index in [-0.39, 0.29) is 5.91 Å². The fraction of sp³-hybridized carbons (Fsp3) is 0.250. The van der Waals surface area contributed by atoms with Crippen molar-refractivity contribution in [3.05, 3.63) is 60.3 Å². The molecule has 0 atom stereocenters. The van der Waals surface area contributed by atoms with Gasteiger partial charge in [-0.25, -0.2) is 9.97 Å². The molecule has 1 aliphatic rings. The lowest BCUT2D eigenvalue weighted by molar-refractivity contribution is 0.0660. The first kappa shape index (κ1) is 15.7. The fourth-order valence-corrected chi connectivity index (χ4v) is 3.12. The van der Waals surface area contributed by atoms with Crippen LogP contribution in [0.2, 0.25) is 0 Å². The summed E-state index contributed by atoms with van der Waals surface area (Å²) in [6.07, 6.45) is 0. The number of hydrogen-bond acceptors (Lipinski definition) is 4. The summed E-state index contributed by atoms with van der Waals surface area (Å²) in [6.45, 7) is 3.24. The predicted octanol–water partition coefficient (Wildman–Crippen LogP) is 2.68. The molecule has 5 nitrogen and oxygen atoms in total. The Morgan fingerprint density at radius 3 is 2.32 bits per heavy atom. The van der Waals surface area contributed by atoms with Gasteiger partial charge in [-0.1, -0.05) is 48.5 Å². The lowest BCUT2D eigenvalue weighted by atomic mass is 10.1. The molecule has 1 fully saturated rings. The lowest BCUT2D eigenvalue weighted by Gasteiger charge is -2.32. The van der Waals surface area contributed by atoms with Crippen LogP contribution < -0.4 is 0 Å². The van der Waals surface area contributed by atoms with Crippen molar-refractivity contribution < 1.29 is 4.79 Å². The van der Waals surface area contributed by atoms with E-state index < -0.39 is 0 Å². The summed E-state index contributed by atoms with van der Waals surface area (Å²) < 4.78 is 0. The molecular weight excluding hydrogens is 312 g/mol. The van der Waals surface area contributed by atoms with Gasteiger partial charge in [0.15, 0.2) is 5.82 Å². The Hall–Kier alpha value is -2.79. The molecule has 1 aromatic heterocycles. The van der Waals surface area contributed by atoms with Gasteiger partial charge in [0.25, 0.3) is 5.91 Å². The normalized spacial score (nSPS) is 15.5. The Morgan fingerprint density at radius 2 is 1.56 bits per heavy atom. The zero-order valence-corrected chi connectivity index (χ0v) is 14.2. The first-order valence-electron chi connectivity index (χ1n) is 8.52. The highest BCUT2D eigenvalue weighted by atomic mass is 16.2. The second-order valence-electron chi connectivity index (χ2n) is 6.37. The van der Waals surface area contributed by atoms with Gasteiger partial charge in [-0.05, 0) is 13.1 Å². The van der Waals surface area contributed by atoms with E-state index in [2.05, 4.69) is 21.9 Å². The van der Waals surface area contributed by atoms with E-state index >= 15 is 0 Å². The average molecular weight is 332 g/mol. The molecule has 5 heteroatoms. The van der Waals surface area contributed by atoms with E-state index in [1.54, 1.807) is 0 Å². The van der Waals surface area contributed by atoms with Crippen molar-refractivity contribution in [2.75, 3.05) is 33.2 Å². The summed E-state index contributed by atoms with van der Waals surface area (Å²) in [7, 11) is 2.08. The SMILES string of the molecule is CN1CCN(C(=O)c2nc(-c3ccccc3)nc3ccccc23)CC1. The molecule has 0 N–H and O–H groups in total. The van der Waals surface area contributed by atoms with Gasteiger partial charge in [-0.15, -0.1) is 0 Å². The topological polar surface area (TPSA) is 49.3 Å². The molecule has 0 radical (unpaired) electrons. The minimum atomic E-state index is -0.0103. The van der Waals surface area contributed by atoms with Crippen LogP contribution in [0.5, 0.6) is 0 Å². The van der Waals surface area contributed by atoms with Crippen molar-refractivity contribution in [3.8, 4) is 11.4 Å². The quantitative estimate of drug-likeness (QED) is 0.724. The maximum absolute atomic E-state index is 13.1. The van der Waals surface area contributed by atoms with E-state index in [4.69, 9.17) is 0 Å². The number of piperazine rings is 1. The molecule has 0 spiro atoms. The van der Waals surface area contributed by atoms with Crippen LogP contribution in [0, 0.1) is 0 Å². The van der Waals surface area contributed by atoms with Crippen molar-refractivity contribution in [3.63, 3.8) is 0 Å². The third-order valence-electron chi connectivity index (χ3n) is 4.63. The molecule has 1 amide bonds. The van der Waals surface area contributed by atoms with Gasteiger partial charge in [0.2, 0.25) is 0 Å². The molecule has 1 aliphatic heterocycles. The third kappa shape index (κ3) is 3.10. The second-order valence-corrected chi connectivity index (χ2v) is 6.37. The van der Waals surface area contributed by atoms with Gasteiger partial charge >= 0.3 is 0 Å². The molecule has 0 unspecified atom stereocenters. The van der Waals surface area contributed by atoms with Gasteiger partial charge in [-0.3, -0.25) is 4.79 Å². The average Bonchev–Trinajstić information content (AvgIpc) is 2.68. The monoisotopic (exact) mass is 332 g/mol. The van der Waals surface area contributed by atoms with E-state index in [0.29, 0.717) is 11.5 Å². The minimum Gasteiger partial charge on any atom is -0.335 e. The van der Waals surface area contributed by atoms with Crippen LogP contribution in [-0.4, -0.2) is 58.9 Å². The van der Waals surface area contributed by atoms with Crippen LogP contribution in [0.15, 0.2) is 54.6 Å². The molecule has 2 aromatic carbocycles. The zero-order valence-electron chi connectivity index (χ0n) is 14.2. The Bertz CT molecular complexity index is 902. The van der Waals surface area contributed by atoms with Crippen LogP contribution in [-0.2, 0) is 0 Å². The van der Waals surface area contributed by atoms with E-state index in [9.17, 15) is 4.79 Å².